The van der Waals surface area contributed by atoms with E-state index in [9.17, 15) is 0 Å². The first-order valence-electron chi connectivity index (χ1n) is 7.85. The predicted molar refractivity (Wildman–Crippen MR) is 86.8 cm³/mol. The highest BCUT2D eigenvalue weighted by Gasteiger charge is 2.06. The highest BCUT2D eigenvalue weighted by atomic mass is 15.1. The summed E-state index contributed by atoms with van der Waals surface area (Å²) < 4.78 is 0. The van der Waals surface area contributed by atoms with Gasteiger partial charge in [0.1, 0.15) is 5.82 Å². The van der Waals surface area contributed by atoms with Crippen molar-refractivity contribution in [2.45, 2.75) is 51.9 Å². The van der Waals surface area contributed by atoms with Gasteiger partial charge >= 0.3 is 0 Å². The number of rotatable bonds is 8. The van der Waals surface area contributed by atoms with Gasteiger partial charge in [-0.3, -0.25) is 0 Å². The molecule has 0 saturated heterocycles. The Kier molecular flexibility index (Phi) is 6.13. The average molecular weight is 284 g/mol. The summed E-state index contributed by atoms with van der Waals surface area (Å²) in [6.45, 7) is 2.23. The molecule has 21 heavy (non-hydrogen) atoms. The molecule has 4 heteroatoms. The molecule has 1 heterocycles. The number of nitrogens with two attached hydrogens (primary N) is 1. The molecule has 0 atom stereocenters. The Hall–Kier alpha value is -1.97. The van der Waals surface area contributed by atoms with Crippen molar-refractivity contribution in [3.63, 3.8) is 0 Å². The molecule has 2 rings (SSSR count). The van der Waals surface area contributed by atoms with Crippen molar-refractivity contribution in [3.8, 4) is 11.4 Å². The van der Waals surface area contributed by atoms with E-state index >= 15 is 0 Å². The highest BCUT2D eigenvalue weighted by Crippen LogP contribution is 2.16. The SMILES string of the molecule is CCCCCCCCc1nc(N)nc(-c2ccccc2)n1. The maximum Gasteiger partial charge on any atom is 0.223 e. The van der Waals surface area contributed by atoms with Crippen LogP contribution in [0.2, 0.25) is 0 Å². The third-order valence-corrected chi connectivity index (χ3v) is 3.48. The molecule has 2 aromatic rings. The first kappa shape index (κ1) is 15.4. The zero-order valence-electron chi connectivity index (χ0n) is 12.8. The molecule has 4 nitrogen and oxygen atoms in total. The smallest absolute Gasteiger partial charge is 0.223 e. The van der Waals surface area contributed by atoms with Crippen molar-refractivity contribution < 1.29 is 0 Å². The van der Waals surface area contributed by atoms with Crippen LogP contribution in [-0.4, -0.2) is 15.0 Å². The lowest BCUT2D eigenvalue weighted by atomic mass is 10.1. The maximum atomic E-state index is 5.80. The Morgan fingerprint density at radius 3 is 2.33 bits per heavy atom. The minimum atomic E-state index is 0.310. The number of nitrogen functional groups attached to an aromatic ring is 1. The Morgan fingerprint density at radius 1 is 0.857 bits per heavy atom. The van der Waals surface area contributed by atoms with Crippen LogP contribution in [0.4, 0.5) is 5.95 Å². The zero-order chi connectivity index (χ0) is 14.9. The lowest BCUT2D eigenvalue weighted by Gasteiger charge is -2.05. The highest BCUT2D eigenvalue weighted by molar-refractivity contribution is 5.55. The molecule has 0 radical (unpaired) electrons. The fraction of sp³-hybridized carbons (Fsp3) is 0.471. The molecule has 2 N–H and O–H groups in total. The van der Waals surface area contributed by atoms with E-state index in [0.29, 0.717) is 11.8 Å². The minimum absolute atomic E-state index is 0.310. The molecule has 0 fully saturated rings. The van der Waals surface area contributed by atoms with Gasteiger partial charge < -0.3 is 5.73 Å². The van der Waals surface area contributed by atoms with E-state index in [-0.39, 0.29) is 0 Å². The van der Waals surface area contributed by atoms with Gasteiger partial charge in [-0.05, 0) is 6.42 Å². The lowest BCUT2D eigenvalue weighted by molar-refractivity contribution is 0.600. The molecule has 0 aliphatic carbocycles. The number of hydrogen-bond acceptors (Lipinski definition) is 4. The van der Waals surface area contributed by atoms with Gasteiger partial charge in [-0.2, -0.15) is 9.97 Å². The van der Waals surface area contributed by atoms with Crippen LogP contribution in [0, 0.1) is 0 Å². The number of unbranched alkanes of at least 4 members (excludes halogenated alkanes) is 5. The molecule has 0 saturated carbocycles. The third kappa shape index (κ3) is 5.14. The molecule has 112 valence electrons. The Labute approximate surface area is 126 Å². The van der Waals surface area contributed by atoms with Crippen molar-refractivity contribution in [2.24, 2.45) is 0 Å². The van der Waals surface area contributed by atoms with Gasteiger partial charge in [0.15, 0.2) is 5.82 Å². The molecule has 0 spiro atoms. The number of nitrogens with zero attached hydrogens (tertiary/aromatic N) is 3. The summed E-state index contributed by atoms with van der Waals surface area (Å²) in [5.74, 6) is 1.78. The van der Waals surface area contributed by atoms with E-state index in [1.165, 1.54) is 32.1 Å². The van der Waals surface area contributed by atoms with Crippen LogP contribution < -0.4 is 5.73 Å². The third-order valence-electron chi connectivity index (χ3n) is 3.48. The van der Waals surface area contributed by atoms with Gasteiger partial charge in [-0.1, -0.05) is 69.4 Å². The molecular formula is C17H24N4. The topological polar surface area (TPSA) is 64.7 Å². The van der Waals surface area contributed by atoms with Crippen LogP contribution in [0.3, 0.4) is 0 Å². The summed E-state index contributed by atoms with van der Waals surface area (Å²) in [7, 11) is 0. The van der Waals surface area contributed by atoms with Gasteiger partial charge in [0.25, 0.3) is 0 Å². The van der Waals surface area contributed by atoms with Crippen molar-refractivity contribution in [2.75, 3.05) is 5.73 Å². The molecule has 1 aromatic carbocycles. The second-order valence-corrected chi connectivity index (χ2v) is 5.32. The lowest BCUT2D eigenvalue weighted by Crippen LogP contribution is -2.05. The number of aromatic nitrogens is 3. The van der Waals surface area contributed by atoms with Gasteiger partial charge in [-0.15, -0.1) is 0 Å². The monoisotopic (exact) mass is 284 g/mol. The van der Waals surface area contributed by atoms with Crippen molar-refractivity contribution in [1.82, 2.24) is 15.0 Å². The molecule has 0 aliphatic heterocycles. The van der Waals surface area contributed by atoms with Crippen LogP contribution in [0.5, 0.6) is 0 Å². The fourth-order valence-corrected chi connectivity index (χ4v) is 2.33. The number of hydrogen-bond donors (Lipinski definition) is 1. The molecule has 0 unspecified atom stereocenters. The van der Waals surface area contributed by atoms with Crippen molar-refractivity contribution >= 4 is 5.95 Å². The Balaban J connectivity index is 1.93. The fourth-order valence-electron chi connectivity index (χ4n) is 2.33. The Bertz CT molecular complexity index is 540. The summed E-state index contributed by atoms with van der Waals surface area (Å²) >= 11 is 0. The van der Waals surface area contributed by atoms with Gasteiger partial charge in [0.05, 0.1) is 0 Å². The molecule has 0 bridgehead atoms. The number of anilines is 1. The van der Waals surface area contributed by atoms with Crippen molar-refractivity contribution in [1.29, 1.82) is 0 Å². The summed E-state index contributed by atoms with van der Waals surface area (Å²) in [6.07, 6.45) is 8.44. The van der Waals surface area contributed by atoms with Crippen molar-refractivity contribution in [3.05, 3.63) is 36.2 Å². The van der Waals surface area contributed by atoms with Crippen LogP contribution in [0.25, 0.3) is 11.4 Å². The largest absolute Gasteiger partial charge is 0.368 e. The van der Waals surface area contributed by atoms with E-state index in [4.69, 9.17) is 5.73 Å². The first-order valence-corrected chi connectivity index (χ1v) is 7.85. The standard InChI is InChI=1S/C17H24N4/c1-2-3-4-5-6-10-13-15-19-16(21-17(18)20-15)14-11-8-7-9-12-14/h7-9,11-12H,2-6,10,13H2,1H3,(H2,18,19,20,21). The summed E-state index contributed by atoms with van der Waals surface area (Å²) in [5, 5.41) is 0. The summed E-state index contributed by atoms with van der Waals surface area (Å²) in [5.41, 5.74) is 6.79. The molecule has 1 aromatic heterocycles. The van der Waals surface area contributed by atoms with Gasteiger partial charge in [0.2, 0.25) is 5.95 Å². The average Bonchev–Trinajstić information content (AvgIpc) is 2.51. The van der Waals surface area contributed by atoms with Crippen LogP contribution in [0.15, 0.2) is 30.3 Å². The van der Waals surface area contributed by atoms with Gasteiger partial charge in [0, 0.05) is 12.0 Å². The van der Waals surface area contributed by atoms with Gasteiger partial charge in [-0.25, -0.2) is 4.98 Å². The van der Waals surface area contributed by atoms with E-state index in [0.717, 1.165) is 24.2 Å². The van der Waals surface area contributed by atoms with Crippen LogP contribution in [0.1, 0.15) is 51.3 Å². The number of benzene rings is 1. The molecule has 0 aliphatic rings. The van der Waals surface area contributed by atoms with E-state index in [1.54, 1.807) is 0 Å². The second kappa shape index (κ2) is 8.35. The zero-order valence-corrected chi connectivity index (χ0v) is 12.8. The van der Waals surface area contributed by atoms with E-state index in [2.05, 4.69) is 21.9 Å². The van der Waals surface area contributed by atoms with Crippen LogP contribution in [-0.2, 0) is 6.42 Å². The minimum Gasteiger partial charge on any atom is -0.368 e. The molecule has 0 amide bonds. The first-order chi connectivity index (χ1) is 10.3. The van der Waals surface area contributed by atoms with E-state index < -0.39 is 0 Å². The Morgan fingerprint density at radius 2 is 1.57 bits per heavy atom. The van der Waals surface area contributed by atoms with Crippen LogP contribution >= 0.6 is 0 Å². The predicted octanol–water partition coefficient (Wildman–Crippen LogP) is 4.02. The quantitative estimate of drug-likeness (QED) is 0.743. The molecular weight excluding hydrogens is 260 g/mol. The second-order valence-electron chi connectivity index (χ2n) is 5.32. The summed E-state index contributed by atoms with van der Waals surface area (Å²) in [6, 6.07) is 9.91. The number of aryl methyl sites for hydroxylation is 1. The van der Waals surface area contributed by atoms with E-state index in [1.807, 2.05) is 30.3 Å². The normalized spacial score (nSPS) is 10.7. The maximum absolute atomic E-state index is 5.80. The summed E-state index contributed by atoms with van der Waals surface area (Å²) in [4.78, 5) is 13.0.